The van der Waals surface area contributed by atoms with E-state index in [4.69, 9.17) is 9.47 Å². The lowest BCUT2D eigenvalue weighted by molar-refractivity contribution is 0.0950. The van der Waals surface area contributed by atoms with Gasteiger partial charge in [0.25, 0.3) is 5.91 Å². The summed E-state index contributed by atoms with van der Waals surface area (Å²) >= 11 is 3.23. The van der Waals surface area contributed by atoms with Crippen molar-refractivity contribution in [3.63, 3.8) is 0 Å². The van der Waals surface area contributed by atoms with Crippen LogP contribution in [0.25, 0.3) is 0 Å². The number of halogens is 2. The number of hydrogen-bond donors (Lipinski definition) is 1. The zero-order valence-electron chi connectivity index (χ0n) is 13.7. The van der Waals surface area contributed by atoms with Gasteiger partial charge in [-0.2, -0.15) is 0 Å². The number of carbonyl (C=O) groups excluding carboxylic acids is 1. The molecule has 4 nitrogen and oxygen atoms in total. The van der Waals surface area contributed by atoms with E-state index >= 15 is 0 Å². The van der Waals surface area contributed by atoms with Gasteiger partial charge in [-0.15, -0.1) is 0 Å². The summed E-state index contributed by atoms with van der Waals surface area (Å²) in [6, 6.07) is 9.48. The molecule has 0 fully saturated rings. The molecule has 24 heavy (non-hydrogen) atoms. The van der Waals surface area contributed by atoms with Gasteiger partial charge in [0.05, 0.1) is 13.2 Å². The normalized spacial score (nSPS) is 10.6. The number of nitrogens with one attached hydrogen (secondary N) is 1. The smallest absolute Gasteiger partial charge is 0.251 e. The highest BCUT2D eigenvalue weighted by molar-refractivity contribution is 9.10. The predicted octanol–water partition coefficient (Wildman–Crippen LogP) is 4.31. The van der Waals surface area contributed by atoms with Crippen LogP contribution in [0.5, 0.6) is 11.5 Å². The van der Waals surface area contributed by atoms with E-state index in [0.717, 1.165) is 0 Å². The molecule has 0 unspecified atom stereocenters. The van der Waals surface area contributed by atoms with Crippen molar-refractivity contribution in [3.8, 4) is 11.5 Å². The molecule has 0 aliphatic heterocycles. The lowest BCUT2D eigenvalue weighted by atomic mass is 10.1. The van der Waals surface area contributed by atoms with Gasteiger partial charge in [0.2, 0.25) is 0 Å². The summed E-state index contributed by atoms with van der Waals surface area (Å²) in [6.45, 7) is 4.05. The summed E-state index contributed by atoms with van der Waals surface area (Å²) in [5, 5.41) is 2.76. The Kier molecular flexibility index (Phi) is 6.20. The number of amides is 1. The van der Waals surface area contributed by atoms with Gasteiger partial charge in [0.15, 0.2) is 11.5 Å². The van der Waals surface area contributed by atoms with E-state index < -0.39 is 0 Å². The van der Waals surface area contributed by atoms with Crippen LogP contribution in [0, 0.1) is 5.82 Å². The fourth-order valence-electron chi connectivity index (χ4n) is 2.16. The number of methoxy groups -OCH3 is 1. The third-order valence-corrected chi connectivity index (χ3v) is 3.62. The lowest BCUT2D eigenvalue weighted by Crippen LogP contribution is -2.23. The zero-order valence-corrected chi connectivity index (χ0v) is 15.3. The Morgan fingerprint density at radius 2 is 1.96 bits per heavy atom. The van der Waals surface area contributed by atoms with Crippen molar-refractivity contribution in [1.82, 2.24) is 5.32 Å². The molecular weight excluding hydrogens is 377 g/mol. The van der Waals surface area contributed by atoms with Gasteiger partial charge in [-0.25, -0.2) is 4.39 Å². The number of rotatable bonds is 6. The van der Waals surface area contributed by atoms with Crippen molar-refractivity contribution in [2.24, 2.45) is 0 Å². The van der Waals surface area contributed by atoms with Gasteiger partial charge in [-0.1, -0.05) is 15.9 Å². The summed E-state index contributed by atoms with van der Waals surface area (Å²) < 4.78 is 24.9. The molecule has 6 heteroatoms. The quantitative estimate of drug-likeness (QED) is 0.792. The Morgan fingerprint density at radius 3 is 2.58 bits per heavy atom. The van der Waals surface area contributed by atoms with Gasteiger partial charge < -0.3 is 14.8 Å². The highest BCUT2D eigenvalue weighted by Crippen LogP contribution is 2.29. The predicted molar refractivity (Wildman–Crippen MR) is 94.0 cm³/mol. The van der Waals surface area contributed by atoms with Gasteiger partial charge >= 0.3 is 0 Å². The summed E-state index contributed by atoms with van der Waals surface area (Å²) in [7, 11) is 1.52. The molecule has 0 atom stereocenters. The monoisotopic (exact) mass is 395 g/mol. The first-order chi connectivity index (χ1) is 11.4. The molecule has 0 radical (unpaired) electrons. The zero-order chi connectivity index (χ0) is 17.7. The molecular formula is C18H19BrFNO3. The molecule has 2 rings (SSSR count). The van der Waals surface area contributed by atoms with Crippen molar-refractivity contribution in [3.05, 3.63) is 57.8 Å². The third kappa shape index (κ3) is 4.96. The van der Waals surface area contributed by atoms with Gasteiger partial charge in [0, 0.05) is 16.6 Å². The first-order valence-electron chi connectivity index (χ1n) is 7.47. The molecule has 1 N–H and O–H groups in total. The molecule has 0 saturated heterocycles. The van der Waals surface area contributed by atoms with Crippen LogP contribution >= 0.6 is 15.9 Å². The largest absolute Gasteiger partial charge is 0.493 e. The number of ether oxygens (including phenoxy) is 2. The third-order valence-electron chi connectivity index (χ3n) is 3.16. The van der Waals surface area contributed by atoms with Crippen molar-refractivity contribution >= 4 is 21.8 Å². The highest BCUT2D eigenvalue weighted by Gasteiger charge is 2.12. The van der Waals surface area contributed by atoms with Gasteiger partial charge in [0.1, 0.15) is 5.82 Å². The maximum atomic E-state index is 13.3. The lowest BCUT2D eigenvalue weighted by Gasteiger charge is -2.14. The first-order valence-corrected chi connectivity index (χ1v) is 8.26. The van der Waals surface area contributed by atoms with Crippen LogP contribution in [0.4, 0.5) is 4.39 Å². The molecule has 0 spiro atoms. The molecule has 128 valence electrons. The second-order valence-electron chi connectivity index (χ2n) is 5.49. The van der Waals surface area contributed by atoms with Crippen LogP contribution in [0.2, 0.25) is 0 Å². The van der Waals surface area contributed by atoms with Crippen molar-refractivity contribution in [1.29, 1.82) is 0 Å². The molecule has 2 aromatic rings. The molecule has 0 aliphatic rings. The molecule has 0 saturated carbocycles. The van der Waals surface area contributed by atoms with Crippen LogP contribution in [-0.4, -0.2) is 19.1 Å². The Bertz CT molecular complexity index is 714. The minimum atomic E-state index is -0.356. The van der Waals surface area contributed by atoms with Crippen LogP contribution in [0.1, 0.15) is 29.8 Å². The Balaban J connectivity index is 2.09. The van der Waals surface area contributed by atoms with E-state index in [9.17, 15) is 9.18 Å². The number of hydrogen-bond acceptors (Lipinski definition) is 3. The maximum absolute atomic E-state index is 13.3. The Labute approximate surface area is 149 Å². The average Bonchev–Trinajstić information content (AvgIpc) is 2.51. The minimum Gasteiger partial charge on any atom is -0.493 e. The Hall–Kier alpha value is -2.08. The van der Waals surface area contributed by atoms with E-state index in [0.29, 0.717) is 27.1 Å². The van der Waals surface area contributed by atoms with Crippen molar-refractivity contribution in [2.75, 3.05) is 7.11 Å². The van der Waals surface area contributed by atoms with Gasteiger partial charge in [-0.05, 0) is 55.8 Å². The maximum Gasteiger partial charge on any atom is 0.251 e. The summed E-state index contributed by atoms with van der Waals surface area (Å²) in [4.78, 5) is 12.3. The van der Waals surface area contributed by atoms with E-state index in [1.165, 1.54) is 19.2 Å². The standard InChI is InChI=1S/C18H19BrFNO3/c1-11(2)24-16-5-4-13(8-17(16)23-3)18(22)21-10-12-6-14(19)9-15(20)7-12/h4-9,11H,10H2,1-3H3,(H,21,22). The molecule has 2 aromatic carbocycles. The van der Waals surface area contributed by atoms with Crippen LogP contribution in [0.15, 0.2) is 40.9 Å². The highest BCUT2D eigenvalue weighted by atomic mass is 79.9. The second kappa shape index (κ2) is 8.15. The minimum absolute atomic E-state index is 0.00463. The summed E-state index contributed by atoms with van der Waals surface area (Å²) in [5.41, 5.74) is 1.11. The fraction of sp³-hybridized carbons (Fsp3) is 0.278. The summed E-state index contributed by atoms with van der Waals surface area (Å²) in [5.74, 6) is 0.443. The number of benzene rings is 2. The SMILES string of the molecule is COc1cc(C(=O)NCc2cc(F)cc(Br)c2)ccc1OC(C)C. The van der Waals surface area contributed by atoms with Crippen LogP contribution < -0.4 is 14.8 Å². The fourth-order valence-corrected chi connectivity index (χ4v) is 2.67. The molecule has 0 aliphatic carbocycles. The topological polar surface area (TPSA) is 47.6 Å². The Morgan fingerprint density at radius 1 is 1.21 bits per heavy atom. The van der Waals surface area contributed by atoms with Gasteiger partial charge in [-0.3, -0.25) is 4.79 Å². The van der Waals surface area contributed by atoms with E-state index in [-0.39, 0.29) is 24.4 Å². The van der Waals surface area contributed by atoms with Crippen LogP contribution in [0.3, 0.4) is 0 Å². The molecule has 0 bridgehead atoms. The van der Waals surface area contributed by atoms with E-state index in [2.05, 4.69) is 21.2 Å². The summed E-state index contributed by atoms with van der Waals surface area (Å²) in [6.07, 6.45) is 0.00463. The van der Waals surface area contributed by atoms with E-state index in [1.807, 2.05) is 13.8 Å². The molecule has 0 aromatic heterocycles. The van der Waals surface area contributed by atoms with Crippen molar-refractivity contribution in [2.45, 2.75) is 26.5 Å². The molecule has 0 heterocycles. The van der Waals surface area contributed by atoms with Crippen LogP contribution in [-0.2, 0) is 6.54 Å². The first kappa shape index (κ1) is 18.3. The second-order valence-corrected chi connectivity index (χ2v) is 6.41. The molecule has 1 amide bonds. The van der Waals surface area contributed by atoms with E-state index in [1.54, 1.807) is 24.3 Å². The average molecular weight is 396 g/mol. The number of carbonyl (C=O) groups is 1. The van der Waals surface area contributed by atoms with Crippen molar-refractivity contribution < 1.29 is 18.7 Å².